The summed E-state index contributed by atoms with van der Waals surface area (Å²) in [6.07, 6.45) is 3.92. The molecular weight excluding hydrogens is 395 g/mol. The van der Waals surface area contributed by atoms with Crippen LogP contribution in [0.3, 0.4) is 0 Å². The van der Waals surface area contributed by atoms with Crippen LogP contribution in [-0.4, -0.2) is 48.2 Å². The number of nitrogens with zero attached hydrogens (tertiary/aromatic N) is 3. The highest BCUT2D eigenvalue weighted by Crippen LogP contribution is 2.38. The van der Waals surface area contributed by atoms with Crippen molar-refractivity contribution >= 4 is 5.91 Å². The number of halogens is 1. The summed E-state index contributed by atoms with van der Waals surface area (Å²) in [7, 11) is 3.78. The van der Waals surface area contributed by atoms with E-state index in [2.05, 4.69) is 42.4 Å². The smallest absolute Gasteiger partial charge is 0.250 e. The zero-order valence-corrected chi connectivity index (χ0v) is 19.1. The molecule has 31 heavy (non-hydrogen) atoms. The van der Waals surface area contributed by atoms with Gasteiger partial charge in [-0.2, -0.15) is 0 Å². The molecule has 3 rings (SSSR count). The summed E-state index contributed by atoms with van der Waals surface area (Å²) < 4.78 is 19.8. The van der Waals surface area contributed by atoms with Crippen LogP contribution < -0.4 is 5.32 Å². The summed E-state index contributed by atoms with van der Waals surface area (Å²) in [5.41, 5.74) is 1.60. The summed E-state index contributed by atoms with van der Waals surface area (Å²) in [6, 6.07) is 6.42. The van der Waals surface area contributed by atoms with Crippen molar-refractivity contribution < 1.29 is 13.6 Å². The Kier molecular flexibility index (Phi) is 7.59. The lowest BCUT2D eigenvalue weighted by atomic mass is 9.70. The minimum atomic E-state index is -0.370. The largest absolute Gasteiger partial charge is 0.421 e. The second-order valence-electron chi connectivity index (χ2n) is 9.14. The molecule has 3 unspecified atom stereocenters. The van der Waals surface area contributed by atoms with E-state index < -0.39 is 0 Å². The van der Waals surface area contributed by atoms with E-state index in [0.29, 0.717) is 48.7 Å². The lowest BCUT2D eigenvalue weighted by Gasteiger charge is -2.37. The molecule has 0 saturated carbocycles. The molecule has 1 aliphatic carbocycles. The number of carbonyl (C=O) groups is 1. The van der Waals surface area contributed by atoms with Gasteiger partial charge in [-0.3, -0.25) is 4.79 Å². The fourth-order valence-corrected chi connectivity index (χ4v) is 4.37. The zero-order chi connectivity index (χ0) is 22.5. The molecule has 1 heterocycles. The SMILES string of the molecule is CC1=CC(CNC(=O)CN(C)C)C(C(C)C)CC1Cc1nnc(-c2ccccc2F)o1. The van der Waals surface area contributed by atoms with E-state index in [9.17, 15) is 9.18 Å². The molecule has 0 radical (unpaired) electrons. The molecule has 1 aromatic carbocycles. The van der Waals surface area contributed by atoms with Crippen LogP contribution in [-0.2, 0) is 11.2 Å². The molecular formula is C24H33FN4O2. The van der Waals surface area contributed by atoms with E-state index in [4.69, 9.17) is 4.42 Å². The van der Waals surface area contributed by atoms with Gasteiger partial charge in [0, 0.05) is 13.0 Å². The fraction of sp³-hybridized carbons (Fsp3) is 0.542. The first-order valence-corrected chi connectivity index (χ1v) is 10.9. The number of benzene rings is 1. The van der Waals surface area contributed by atoms with Crippen LogP contribution in [0.15, 0.2) is 40.3 Å². The number of aromatic nitrogens is 2. The maximum absolute atomic E-state index is 14.0. The van der Waals surface area contributed by atoms with Gasteiger partial charge in [-0.25, -0.2) is 4.39 Å². The number of amides is 1. The Morgan fingerprint density at radius 3 is 2.71 bits per heavy atom. The second-order valence-corrected chi connectivity index (χ2v) is 9.14. The standard InChI is InChI=1S/C24H33FN4O2/c1-15(2)20-11-17(16(3)10-18(20)13-26-22(30)14-29(4)5)12-23-27-28-24(31-23)19-8-6-7-9-21(19)25/h6-10,15,17-18,20H,11-14H2,1-5H3,(H,26,30). The summed E-state index contributed by atoms with van der Waals surface area (Å²) >= 11 is 0. The Morgan fingerprint density at radius 2 is 2.03 bits per heavy atom. The molecule has 0 aliphatic heterocycles. The van der Waals surface area contributed by atoms with Gasteiger partial charge >= 0.3 is 0 Å². The first kappa shape index (κ1) is 23.1. The summed E-state index contributed by atoms with van der Waals surface area (Å²) in [5, 5.41) is 11.3. The van der Waals surface area contributed by atoms with Gasteiger partial charge in [-0.1, -0.05) is 37.6 Å². The van der Waals surface area contributed by atoms with Crippen LogP contribution >= 0.6 is 0 Å². The highest BCUT2D eigenvalue weighted by atomic mass is 19.1. The van der Waals surface area contributed by atoms with Crippen LogP contribution in [0, 0.1) is 29.5 Å². The van der Waals surface area contributed by atoms with Gasteiger partial charge in [0.2, 0.25) is 11.8 Å². The lowest BCUT2D eigenvalue weighted by molar-refractivity contribution is -0.121. The Morgan fingerprint density at radius 1 is 1.29 bits per heavy atom. The molecule has 1 aliphatic rings. The van der Waals surface area contributed by atoms with Crippen molar-refractivity contribution in [3.05, 3.63) is 47.6 Å². The van der Waals surface area contributed by atoms with Crippen molar-refractivity contribution in [2.24, 2.45) is 23.7 Å². The van der Waals surface area contributed by atoms with Gasteiger partial charge in [0.1, 0.15) is 5.82 Å². The minimum Gasteiger partial charge on any atom is -0.421 e. The Bertz CT molecular complexity index is 922. The summed E-state index contributed by atoms with van der Waals surface area (Å²) in [4.78, 5) is 13.9. The monoisotopic (exact) mass is 428 g/mol. The van der Waals surface area contributed by atoms with Crippen molar-refractivity contribution in [1.29, 1.82) is 0 Å². The van der Waals surface area contributed by atoms with Crippen molar-refractivity contribution in [3.63, 3.8) is 0 Å². The van der Waals surface area contributed by atoms with E-state index in [0.717, 1.165) is 6.42 Å². The van der Waals surface area contributed by atoms with Crippen molar-refractivity contribution in [1.82, 2.24) is 20.4 Å². The van der Waals surface area contributed by atoms with Gasteiger partial charge in [0.05, 0.1) is 12.1 Å². The maximum Gasteiger partial charge on any atom is 0.250 e. The molecule has 1 amide bonds. The molecule has 6 nitrogen and oxygen atoms in total. The average molecular weight is 429 g/mol. The molecule has 2 aromatic rings. The average Bonchev–Trinajstić information content (AvgIpc) is 3.16. The van der Waals surface area contributed by atoms with Gasteiger partial charge in [-0.15, -0.1) is 10.2 Å². The number of likely N-dealkylation sites (N-methyl/N-ethyl adjacent to an activating group) is 1. The third kappa shape index (κ3) is 6.00. The number of hydrogen-bond donors (Lipinski definition) is 1. The van der Waals surface area contributed by atoms with Crippen molar-refractivity contribution in [3.8, 4) is 11.5 Å². The predicted octanol–water partition coefficient (Wildman–Crippen LogP) is 3.95. The van der Waals surface area contributed by atoms with Crippen LogP contribution in [0.5, 0.6) is 0 Å². The highest BCUT2D eigenvalue weighted by Gasteiger charge is 2.32. The van der Waals surface area contributed by atoms with Crippen LogP contribution in [0.4, 0.5) is 4.39 Å². The summed E-state index contributed by atoms with van der Waals surface area (Å²) in [5.74, 6) is 1.94. The lowest BCUT2D eigenvalue weighted by Crippen LogP contribution is -2.40. The first-order valence-electron chi connectivity index (χ1n) is 10.9. The van der Waals surface area contributed by atoms with Gasteiger partial charge in [0.15, 0.2) is 0 Å². The number of carbonyl (C=O) groups excluding carboxylic acids is 1. The third-order valence-corrected chi connectivity index (χ3v) is 6.07. The third-order valence-electron chi connectivity index (χ3n) is 6.07. The van der Waals surface area contributed by atoms with Crippen LogP contribution in [0.1, 0.15) is 33.1 Å². The molecule has 1 aromatic heterocycles. The number of hydrogen-bond acceptors (Lipinski definition) is 5. The molecule has 0 spiro atoms. The normalized spacial score (nSPS) is 21.4. The van der Waals surface area contributed by atoms with E-state index in [1.807, 2.05) is 19.0 Å². The number of rotatable bonds is 8. The fourth-order valence-electron chi connectivity index (χ4n) is 4.37. The highest BCUT2D eigenvalue weighted by molar-refractivity contribution is 5.77. The molecule has 3 atom stereocenters. The van der Waals surface area contributed by atoms with Crippen molar-refractivity contribution in [2.75, 3.05) is 27.2 Å². The molecule has 168 valence electrons. The number of nitrogens with one attached hydrogen (secondary N) is 1. The van der Waals surface area contributed by atoms with Crippen molar-refractivity contribution in [2.45, 2.75) is 33.6 Å². The van der Waals surface area contributed by atoms with E-state index in [1.165, 1.54) is 11.6 Å². The first-order chi connectivity index (χ1) is 14.7. The van der Waals surface area contributed by atoms with Gasteiger partial charge in [0.25, 0.3) is 5.89 Å². The Balaban J connectivity index is 1.69. The molecule has 0 saturated heterocycles. The van der Waals surface area contributed by atoms with Crippen LogP contribution in [0.25, 0.3) is 11.5 Å². The molecule has 0 bridgehead atoms. The Labute approximate surface area is 183 Å². The van der Waals surface area contributed by atoms with Crippen LogP contribution in [0.2, 0.25) is 0 Å². The predicted molar refractivity (Wildman–Crippen MR) is 119 cm³/mol. The molecule has 1 N–H and O–H groups in total. The number of allylic oxidation sites excluding steroid dienone is 1. The zero-order valence-electron chi connectivity index (χ0n) is 19.1. The molecule has 0 fully saturated rings. The molecule has 7 heteroatoms. The maximum atomic E-state index is 14.0. The van der Waals surface area contributed by atoms with Gasteiger partial charge < -0.3 is 14.6 Å². The van der Waals surface area contributed by atoms with E-state index in [-0.39, 0.29) is 23.5 Å². The van der Waals surface area contributed by atoms with E-state index >= 15 is 0 Å². The quantitative estimate of drug-likeness (QED) is 0.645. The minimum absolute atomic E-state index is 0.0483. The topological polar surface area (TPSA) is 71.3 Å². The second kappa shape index (κ2) is 10.2. The Hall–Kier alpha value is -2.54. The summed E-state index contributed by atoms with van der Waals surface area (Å²) in [6.45, 7) is 7.63. The van der Waals surface area contributed by atoms with Gasteiger partial charge in [-0.05, 0) is 63.2 Å². The van der Waals surface area contributed by atoms with E-state index in [1.54, 1.807) is 18.2 Å².